The topological polar surface area (TPSA) is 63.8 Å². The number of thiazole rings is 1. The number of hydrogen-bond acceptors (Lipinski definition) is 6. The molecule has 1 N–H and O–H groups in total. The normalized spacial score (nSPS) is 10.7. The van der Waals surface area contributed by atoms with Crippen LogP contribution in [0.1, 0.15) is 16.6 Å². The highest BCUT2D eigenvalue weighted by Crippen LogP contribution is 2.07. The van der Waals surface area contributed by atoms with Gasteiger partial charge in [-0.05, 0) is 6.92 Å². The van der Waals surface area contributed by atoms with Gasteiger partial charge in [-0.1, -0.05) is 5.16 Å². The molecule has 0 unspecified atom stereocenters. The molecule has 2 rings (SSSR count). The Balaban J connectivity index is 1.67. The largest absolute Gasteiger partial charge is 0.340 e. The van der Waals surface area contributed by atoms with Gasteiger partial charge in [-0.25, -0.2) is 4.98 Å². The van der Waals surface area contributed by atoms with Gasteiger partial charge in [-0.2, -0.15) is 4.98 Å². The maximum atomic E-state index is 4.88. The van der Waals surface area contributed by atoms with E-state index in [0.717, 1.165) is 30.2 Å². The molecule has 0 aliphatic heterocycles. The lowest BCUT2D eigenvalue weighted by molar-refractivity contribution is 0.375. The third-order valence-electron chi connectivity index (χ3n) is 1.87. The average Bonchev–Trinajstić information content (AvgIpc) is 2.84. The van der Waals surface area contributed by atoms with E-state index >= 15 is 0 Å². The molecule has 0 saturated heterocycles. The van der Waals surface area contributed by atoms with Crippen LogP contribution in [-0.4, -0.2) is 21.7 Å². The van der Waals surface area contributed by atoms with Gasteiger partial charge in [-0.15, -0.1) is 11.3 Å². The number of aromatic nitrogens is 3. The van der Waals surface area contributed by atoms with Gasteiger partial charge < -0.3 is 9.84 Å². The SMILES string of the molecule is Cc1csc(CNCCc2ncno2)n1. The summed E-state index contributed by atoms with van der Waals surface area (Å²) < 4.78 is 4.88. The highest BCUT2D eigenvalue weighted by molar-refractivity contribution is 7.09. The maximum absolute atomic E-state index is 4.88. The van der Waals surface area contributed by atoms with Gasteiger partial charge in [0.1, 0.15) is 5.01 Å². The quantitative estimate of drug-likeness (QED) is 0.772. The van der Waals surface area contributed by atoms with Gasteiger partial charge in [0, 0.05) is 30.6 Å². The summed E-state index contributed by atoms with van der Waals surface area (Å²) in [5, 5.41) is 9.97. The minimum atomic E-state index is 0.665. The second kappa shape index (κ2) is 4.99. The number of hydrogen-bond donors (Lipinski definition) is 1. The summed E-state index contributed by atoms with van der Waals surface area (Å²) in [6.45, 7) is 3.62. The van der Waals surface area contributed by atoms with Crippen molar-refractivity contribution in [2.24, 2.45) is 0 Å². The molecule has 80 valence electrons. The molecule has 0 amide bonds. The predicted molar refractivity (Wildman–Crippen MR) is 56.6 cm³/mol. The zero-order valence-electron chi connectivity index (χ0n) is 8.43. The predicted octanol–water partition coefficient (Wildman–Crippen LogP) is 1.17. The van der Waals surface area contributed by atoms with Crippen molar-refractivity contribution in [1.29, 1.82) is 0 Å². The van der Waals surface area contributed by atoms with Crippen molar-refractivity contribution in [2.75, 3.05) is 6.54 Å². The summed E-state index contributed by atoms with van der Waals surface area (Å²) in [7, 11) is 0. The van der Waals surface area contributed by atoms with E-state index < -0.39 is 0 Å². The number of rotatable bonds is 5. The minimum Gasteiger partial charge on any atom is -0.340 e. The van der Waals surface area contributed by atoms with Gasteiger partial charge >= 0.3 is 0 Å². The van der Waals surface area contributed by atoms with Crippen molar-refractivity contribution in [1.82, 2.24) is 20.4 Å². The molecule has 2 aromatic rings. The van der Waals surface area contributed by atoms with E-state index in [1.165, 1.54) is 6.33 Å². The first-order valence-electron chi connectivity index (χ1n) is 4.72. The molecule has 0 spiro atoms. The van der Waals surface area contributed by atoms with Crippen LogP contribution in [0.2, 0.25) is 0 Å². The Hall–Kier alpha value is -1.27. The van der Waals surface area contributed by atoms with E-state index in [1.807, 2.05) is 6.92 Å². The van der Waals surface area contributed by atoms with Crippen molar-refractivity contribution in [3.05, 3.63) is 28.3 Å². The highest BCUT2D eigenvalue weighted by atomic mass is 32.1. The first-order valence-corrected chi connectivity index (χ1v) is 5.60. The van der Waals surface area contributed by atoms with Crippen molar-refractivity contribution in [3.63, 3.8) is 0 Å². The molecule has 0 aromatic carbocycles. The molecule has 0 aliphatic carbocycles. The van der Waals surface area contributed by atoms with Gasteiger partial charge in [0.25, 0.3) is 0 Å². The maximum Gasteiger partial charge on any atom is 0.227 e. The first kappa shape index (κ1) is 10.3. The molecule has 0 atom stereocenters. The fourth-order valence-electron chi connectivity index (χ4n) is 1.18. The Bertz CT molecular complexity index is 398. The Labute approximate surface area is 91.5 Å². The van der Waals surface area contributed by atoms with E-state index in [2.05, 4.69) is 25.8 Å². The van der Waals surface area contributed by atoms with Crippen LogP contribution in [0.4, 0.5) is 0 Å². The van der Waals surface area contributed by atoms with Gasteiger partial charge in [0.15, 0.2) is 6.33 Å². The van der Waals surface area contributed by atoms with Crippen LogP contribution in [0, 0.1) is 6.92 Å². The molecule has 2 aromatic heterocycles. The molecule has 2 heterocycles. The number of nitrogens with one attached hydrogen (secondary N) is 1. The van der Waals surface area contributed by atoms with E-state index in [0.29, 0.717) is 5.89 Å². The molecule has 5 nitrogen and oxygen atoms in total. The monoisotopic (exact) mass is 224 g/mol. The molecule has 0 saturated carbocycles. The van der Waals surface area contributed by atoms with Crippen LogP contribution in [0.3, 0.4) is 0 Å². The Morgan fingerprint density at radius 2 is 2.47 bits per heavy atom. The second-order valence-electron chi connectivity index (χ2n) is 3.14. The molecular formula is C9H12N4OS. The van der Waals surface area contributed by atoms with Crippen LogP contribution in [0.15, 0.2) is 16.2 Å². The van der Waals surface area contributed by atoms with Gasteiger partial charge in [0.05, 0.1) is 0 Å². The van der Waals surface area contributed by atoms with Crippen molar-refractivity contribution < 1.29 is 4.52 Å². The summed E-state index contributed by atoms with van der Waals surface area (Å²) in [6, 6.07) is 0. The van der Waals surface area contributed by atoms with Crippen molar-refractivity contribution in [2.45, 2.75) is 19.9 Å². The zero-order valence-corrected chi connectivity index (χ0v) is 9.25. The molecule has 0 radical (unpaired) electrons. The van der Waals surface area contributed by atoms with Crippen LogP contribution in [-0.2, 0) is 13.0 Å². The van der Waals surface area contributed by atoms with Crippen LogP contribution in [0.5, 0.6) is 0 Å². The molecule has 0 bridgehead atoms. The Morgan fingerprint density at radius 3 is 3.13 bits per heavy atom. The van der Waals surface area contributed by atoms with Crippen LogP contribution in [0.25, 0.3) is 0 Å². The fraction of sp³-hybridized carbons (Fsp3) is 0.444. The van der Waals surface area contributed by atoms with Gasteiger partial charge in [0.2, 0.25) is 5.89 Å². The molecule has 0 fully saturated rings. The number of aryl methyl sites for hydroxylation is 1. The van der Waals surface area contributed by atoms with Crippen LogP contribution >= 0.6 is 11.3 Å². The standard InChI is InChI=1S/C9H12N4OS/c1-7-5-15-9(13-7)4-10-3-2-8-11-6-12-14-8/h5-6,10H,2-4H2,1H3. The van der Waals surface area contributed by atoms with Crippen molar-refractivity contribution >= 4 is 11.3 Å². The smallest absolute Gasteiger partial charge is 0.227 e. The Morgan fingerprint density at radius 1 is 1.53 bits per heavy atom. The molecule has 0 aliphatic rings. The van der Waals surface area contributed by atoms with E-state index in [1.54, 1.807) is 11.3 Å². The molecular weight excluding hydrogens is 212 g/mol. The summed E-state index contributed by atoms with van der Waals surface area (Å²) in [5.41, 5.74) is 1.08. The highest BCUT2D eigenvalue weighted by Gasteiger charge is 2.00. The Kier molecular flexibility index (Phi) is 3.41. The second-order valence-corrected chi connectivity index (χ2v) is 4.09. The van der Waals surface area contributed by atoms with E-state index in [4.69, 9.17) is 4.52 Å². The molecule has 15 heavy (non-hydrogen) atoms. The lowest BCUT2D eigenvalue weighted by Crippen LogP contribution is -2.16. The van der Waals surface area contributed by atoms with Gasteiger partial charge in [-0.3, -0.25) is 0 Å². The van der Waals surface area contributed by atoms with E-state index in [-0.39, 0.29) is 0 Å². The number of nitrogens with zero attached hydrogens (tertiary/aromatic N) is 3. The van der Waals surface area contributed by atoms with E-state index in [9.17, 15) is 0 Å². The first-order chi connectivity index (χ1) is 7.34. The lowest BCUT2D eigenvalue weighted by Gasteiger charge is -1.98. The molecule has 6 heteroatoms. The third kappa shape index (κ3) is 3.10. The summed E-state index contributed by atoms with van der Waals surface area (Å²) in [4.78, 5) is 8.28. The van der Waals surface area contributed by atoms with Crippen LogP contribution < -0.4 is 5.32 Å². The fourth-order valence-corrected chi connectivity index (χ4v) is 1.92. The lowest BCUT2D eigenvalue weighted by atomic mass is 10.4. The van der Waals surface area contributed by atoms with Crippen molar-refractivity contribution in [3.8, 4) is 0 Å². The zero-order chi connectivity index (χ0) is 10.5. The summed E-state index contributed by atoms with van der Waals surface area (Å²) >= 11 is 1.67. The third-order valence-corrected chi connectivity index (χ3v) is 2.83. The minimum absolute atomic E-state index is 0.665. The summed E-state index contributed by atoms with van der Waals surface area (Å²) in [6.07, 6.45) is 2.17. The summed E-state index contributed by atoms with van der Waals surface area (Å²) in [5.74, 6) is 0.665. The average molecular weight is 224 g/mol.